The Morgan fingerprint density at radius 2 is 2.03 bits per heavy atom. The second-order valence-electron chi connectivity index (χ2n) is 7.78. The van der Waals surface area contributed by atoms with Crippen LogP contribution >= 0.6 is 11.6 Å². The van der Waals surface area contributed by atoms with Gasteiger partial charge in [0.2, 0.25) is 11.9 Å². The maximum Gasteiger partial charge on any atom is 0.360 e. The standard InChI is InChI=1S/C21H25ClN6O4/c1-12-14(17(27-32-12)18(29)30-2)11-31-16-7-6-13(10-15(16)22)28-20(24)25-19(23)26-21(28)8-4-3-5-9-21/h6-7,10H,3-5,8-9,11H2,1-2H3,(H4,23,24,25,26). The van der Waals surface area contributed by atoms with Crippen molar-refractivity contribution in [3.63, 3.8) is 0 Å². The van der Waals surface area contributed by atoms with Gasteiger partial charge >= 0.3 is 5.97 Å². The SMILES string of the molecule is COC(=O)c1noc(C)c1COc1ccc(N2C(N)=NC(N)=NC23CCCCC3)cc1Cl. The van der Waals surface area contributed by atoms with Crippen LogP contribution in [0, 0.1) is 6.92 Å². The maximum absolute atomic E-state index is 11.9. The smallest absolute Gasteiger partial charge is 0.360 e. The molecule has 2 aliphatic rings. The highest BCUT2D eigenvalue weighted by atomic mass is 35.5. The van der Waals surface area contributed by atoms with Gasteiger partial charge in [0.15, 0.2) is 5.69 Å². The van der Waals surface area contributed by atoms with Crippen LogP contribution in [0.2, 0.25) is 5.02 Å². The molecule has 1 aliphatic carbocycles. The van der Waals surface area contributed by atoms with Gasteiger partial charge in [0, 0.05) is 5.69 Å². The molecule has 0 bridgehead atoms. The lowest BCUT2D eigenvalue weighted by Gasteiger charge is -2.45. The second kappa shape index (κ2) is 8.70. The number of esters is 1. The summed E-state index contributed by atoms with van der Waals surface area (Å²) in [6, 6.07) is 5.34. The molecule has 1 aromatic carbocycles. The number of guanidine groups is 2. The molecular formula is C21H25ClN6O4. The van der Waals surface area contributed by atoms with Crippen LogP contribution in [-0.4, -0.2) is 35.8 Å². The topological polar surface area (TPSA) is 142 Å². The molecule has 1 aliphatic heterocycles. The molecule has 11 heteroatoms. The number of aryl methyl sites for hydroxylation is 1. The van der Waals surface area contributed by atoms with E-state index >= 15 is 0 Å². The first-order chi connectivity index (χ1) is 15.3. The van der Waals surface area contributed by atoms with E-state index in [2.05, 4.69) is 15.1 Å². The third-order valence-electron chi connectivity index (χ3n) is 5.76. The molecule has 0 amide bonds. The van der Waals surface area contributed by atoms with E-state index in [4.69, 9.17) is 37.1 Å². The van der Waals surface area contributed by atoms with Crippen molar-refractivity contribution in [2.24, 2.45) is 21.5 Å². The molecule has 1 aromatic heterocycles. The molecule has 4 rings (SSSR count). The van der Waals surface area contributed by atoms with Gasteiger partial charge in [-0.15, -0.1) is 0 Å². The van der Waals surface area contributed by atoms with Gasteiger partial charge in [0.1, 0.15) is 23.8 Å². The molecule has 1 spiro atoms. The lowest BCUT2D eigenvalue weighted by Crippen LogP contribution is -2.58. The predicted octanol–water partition coefficient (Wildman–Crippen LogP) is 3.11. The number of benzene rings is 1. The van der Waals surface area contributed by atoms with Crippen LogP contribution in [0.3, 0.4) is 0 Å². The number of halogens is 1. The van der Waals surface area contributed by atoms with E-state index in [-0.39, 0.29) is 24.2 Å². The summed E-state index contributed by atoms with van der Waals surface area (Å²) in [5, 5.41) is 4.11. The fourth-order valence-electron chi connectivity index (χ4n) is 4.21. The van der Waals surface area contributed by atoms with Gasteiger partial charge in [-0.1, -0.05) is 23.2 Å². The van der Waals surface area contributed by atoms with Crippen molar-refractivity contribution in [3.8, 4) is 5.75 Å². The third kappa shape index (κ3) is 3.97. The molecule has 10 nitrogen and oxygen atoms in total. The first-order valence-electron chi connectivity index (χ1n) is 10.3. The number of carbonyl (C=O) groups is 1. The normalized spacial score (nSPS) is 17.7. The van der Waals surface area contributed by atoms with Gasteiger partial charge in [-0.05, 0) is 50.8 Å². The Kier molecular flexibility index (Phi) is 5.96. The fourth-order valence-corrected chi connectivity index (χ4v) is 4.44. The highest BCUT2D eigenvalue weighted by Crippen LogP contribution is 2.41. The minimum absolute atomic E-state index is 0.0386. The van der Waals surface area contributed by atoms with Crippen molar-refractivity contribution < 1.29 is 18.8 Å². The van der Waals surface area contributed by atoms with Crippen LogP contribution in [0.1, 0.15) is 53.9 Å². The summed E-state index contributed by atoms with van der Waals surface area (Å²) < 4.78 is 15.7. The Bertz CT molecular complexity index is 1090. The van der Waals surface area contributed by atoms with E-state index < -0.39 is 11.6 Å². The van der Waals surface area contributed by atoms with Crippen LogP contribution < -0.4 is 21.1 Å². The Labute approximate surface area is 190 Å². The molecule has 2 aromatic rings. The lowest BCUT2D eigenvalue weighted by atomic mass is 9.87. The van der Waals surface area contributed by atoms with Crippen molar-refractivity contribution in [1.82, 2.24) is 5.16 Å². The zero-order valence-corrected chi connectivity index (χ0v) is 18.7. The van der Waals surface area contributed by atoms with Gasteiger partial charge < -0.3 is 25.5 Å². The fraction of sp³-hybridized carbons (Fsp3) is 0.429. The number of carbonyl (C=O) groups excluding carboxylic acids is 1. The van der Waals surface area contributed by atoms with Crippen LogP contribution in [0.25, 0.3) is 0 Å². The third-order valence-corrected chi connectivity index (χ3v) is 6.06. The average Bonchev–Trinajstić information content (AvgIpc) is 3.13. The summed E-state index contributed by atoms with van der Waals surface area (Å²) in [6.45, 7) is 1.73. The van der Waals surface area contributed by atoms with Gasteiger partial charge in [-0.3, -0.25) is 4.90 Å². The van der Waals surface area contributed by atoms with E-state index in [1.54, 1.807) is 19.1 Å². The van der Waals surface area contributed by atoms with Crippen molar-refractivity contribution in [2.75, 3.05) is 12.0 Å². The number of nitrogens with zero attached hydrogens (tertiary/aromatic N) is 4. The van der Waals surface area contributed by atoms with Gasteiger partial charge in [0.25, 0.3) is 0 Å². The van der Waals surface area contributed by atoms with Crippen molar-refractivity contribution in [1.29, 1.82) is 0 Å². The molecule has 1 fully saturated rings. The summed E-state index contributed by atoms with van der Waals surface area (Å²) in [5.74, 6) is 0.772. The summed E-state index contributed by atoms with van der Waals surface area (Å²) >= 11 is 6.54. The van der Waals surface area contributed by atoms with E-state index in [0.29, 0.717) is 22.1 Å². The molecule has 0 unspecified atom stereocenters. The zero-order valence-electron chi connectivity index (χ0n) is 17.9. The van der Waals surface area contributed by atoms with E-state index in [9.17, 15) is 4.79 Å². The van der Waals surface area contributed by atoms with Crippen LogP contribution in [0.15, 0.2) is 32.7 Å². The van der Waals surface area contributed by atoms with Crippen LogP contribution in [-0.2, 0) is 11.3 Å². The average molecular weight is 461 g/mol. The molecule has 2 heterocycles. The van der Waals surface area contributed by atoms with Crippen LogP contribution in [0.5, 0.6) is 5.75 Å². The number of anilines is 1. The zero-order chi connectivity index (χ0) is 22.9. The number of rotatable bonds is 5. The quantitative estimate of drug-likeness (QED) is 0.648. The molecule has 32 heavy (non-hydrogen) atoms. The molecule has 4 N–H and O–H groups in total. The van der Waals surface area contributed by atoms with Crippen molar-refractivity contribution >= 4 is 35.2 Å². The van der Waals surface area contributed by atoms with Crippen molar-refractivity contribution in [3.05, 3.63) is 40.2 Å². The number of hydrogen-bond donors (Lipinski definition) is 2. The van der Waals surface area contributed by atoms with E-state index in [0.717, 1.165) is 37.8 Å². The first-order valence-corrected chi connectivity index (χ1v) is 10.7. The number of hydrogen-bond acceptors (Lipinski definition) is 10. The Morgan fingerprint density at radius 3 is 2.72 bits per heavy atom. The lowest BCUT2D eigenvalue weighted by molar-refractivity contribution is 0.0586. The van der Waals surface area contributed by atoms with Crippen molar-refractivity contribution in [2.45, 2.75) is 51.3 Å². The largest absolute Gasteiger partial charge is 0.487 e. The second-order valence-corrected chi connectivity index (χ2v) is 8.19. The Morgan fingerprint density at radius 1 is 1.28 bits per heavy atom. The number of ether oxygens (including phenoxy) is 2. The number of methoxy groups -OCH3 is 1. The predicted molar refractivity (Wildman–Crippen MR) is 120 cm³/mol. The summed E-state index contributed by atoms with van der Waals surface area (Å²) in [4.78, 5) is 22.6. The Hall–Kier alpha value is -3.27. The number of nitrogens with two attached hydrogens (primary N) is 2. The molecular weight excluding hydrogens is 436 g/mol. The first kappa shape index (κ1) is 21.9. The highest BCUT2D eigenvalue weighted by molar-refractivity contribution is 6.32. The van der Waals surface area contributed by atoms with Gasteiger partial charge in [-0.2, -0.15) is 4.99 Å². The van der Waals surface area contributed by atoms with Gasteiger partial charge in [-0.25, -0.2) is 9.79 Å². The minimum atomic E-state index is -0.598. The highest BCUT2D eigenvalue weighted by Gasteiger charge is 2.42. The molecule has 0 saturated heterocycles. The van der Waals surface area contributed by atoms with Crippen LogP contribution in [0.4, 0.5) is 5.69 Å². The molecule has 0 atom stereocenters. The molecule has 1 saturated carbocycles. The summed E-state index contributed by atoms with van der Waals surface area (Å²) in [7, 11) is 1.28. The monoisotopic (exact) mass is 460 g/mol. The molecule has 0 radical (unpaired) electrons. The summed E-state index contributed by atoms with van der Waals surface area (Å²) in [5.41, 5.74) is 13.0. The van der Waals surface area contributed by atoms with E-state index in [1.165, 1.54) is 7.11 Å². The molecule has 170 valence electrons. The number of aliphatic imine (C=N–C) groups is 2. The number of aromatic nitrogens is 1. The summed E-state index contributed by atoms with van der Waals surface area (Å²) in [6.07, 6.45) is 4.84. The van der Waals surface area contributed by atoms with Gasteiger partial charge in [0.05, 0.1) is 17.7 Å². The minimum Gasteiger partial charge on any atom is -0.487 e. The Balaban J connectivity index is 1.58. The van der Waals surface area contributed by atoms with E-state index in [1.807, 2.05) is 11.0 Å². The maximum atomic E-state index is 11.9.